The Morgan fingerprint density at radius 1 is 1.31 bits per heavy atom. The van der Waals surface area contributed by atoms with Gasteiger partial charge in [-0.05, 0) is 43.2 Å². The fraction of sp³-hybridized carbons (Fsp3) is 0.417. The molecule has 3 aromatic rings. The fourth-order valence-electron chi connectivity index (χ4n) is 3.92. The molecule has 3 N–H and O–H groups in total. The molecule has 2 atom stereocenters. The maximum absolute atomic E-state index is 13.3. The second-order valence-electron chi connectivity index (χ2n) is 8.84. The lowest BCUT2D eigenvalue weighted by Gasteiger charge is -2.26. The van der Waals surface area contributed by atoms with Gasteiger partial charge in [0.05, 0.1) is 31.5 Å². The number of hydrogen-bond donors (Lipinski definition) is 3. The molecule has 2 aromatic heterocycles. The van der Waals surface area contributed by atoms with Crippen LogP contribution in [-0.2, 0) is 5.54 Å². The lowest BCUT2D eigenvalue weighted by Crippen LogP contribution is -2.38. The lowest BCUT2D eigenvalue weighted by atomic mass is 9.95. The third-order valence-electron chi connectivity index (χ3n) is 5.99. The van der Waals surface area contributed by atoms with E-state index in [4.69, 9.17) is 9.84 Å². The van der Waals surface area contributed by atoms with Crippen LogP contribution in [0.5, 0.6) is 11.5 Å². The first kappa shape index (κ1) is 24.8. The average Bonchev–Trinajstić information content (AvgIpc) is 3.33. The van der Waals surface area contributed by atoms with Crippen LogP contribution in [0.1, 0.15) is 36.2 Å². The number of carbonyl (C=O) groups excluding carboxylic acids is 1. The van der Waals surface area contributed by atoms with Crippen LogP contribution in [0.2, 0.25) is 0 Å². The highest BCUT2D eigenvalue weighted by Gasteiger charge is 2.40. The number of alkyl halides is 3. The number of amides is 1. The van der Waals surface area contributed by atoms with Crippen LogP contribution in [0.15, 0.2) is 36.7 Å². The van der Waals surface area contributed by atoms with E-state index in [1.807, 2.05) is 32.2 Å². The smallest absolute Gasteiger partial charge is 0.387 e. The van der Waals surface area contributed by atoms with Crippen molar-refractivity contribution in [2.24, 2.45) is 0 Å². The number of halogens is 3. The normalized spacial score (nSPS) is 17.6. The molecule has 1 fully saturated rings. The molecule has 0 aliphatic heterocycles. The molecule has 1 saturated carbocycles. The van der Waals surface area contributed by atoms with Gasteiger partial charge in [-0.15, -0.1) is 0 Å². The van der Waals surface area contributed by atoms with Crippen molar-refractivity contribution in [3.05, 3.63) is 47.8 Å². The number of ether oxygens (including phenoxy) is 2. The number of pyridine rings is 1. The van der Waals surface area contributed by atoms with E-state index in [9.17, 15) is 18.0 Å². The Hall–Kier alpha value is -3.31. The molecule has 0 unspecified atom stereocenters. The zero-order valence-corrected chi connectivity index (χ0v) is 19.5. The van der Waals surface area contributed by atoms with E-state index < -0.39 is 30.3 Å². The van der Waals surface area contributed by atoms with Gasteiger partial charge in [-0.2, -0.15) is 13.9 Å². The van der Waals surface area contributed by atoms with Crippen molar-refractivity contribution in [1.82, 2.24) is 20.2 Å². The standard InChI is InChI=1S/C24H27F3N4O4/c1-24(2,28-6-7-32)14-4-5-18-15(11-29-31(18)12-14)13-8-19(34-3)21(20(9-13)35-23(26)27)22(33)30-17-10-16(17)25/h4-5,8-9,11-12,16-17,23,28,32H,6-7,10H2,1-3H3,(H,30,33)/t16-,17+/m0/s1. The zero-order valence-electron chi connectivity index (χ0n) is 19.5. The summed E-state index contributed by atoms with van der Waals surface area (Å²) in [6.07, 6.45) is 2.43. The van der Waals surface area contributed by atoms with Gasteiger partial charge in [0.15, 0.2) is 0 Å². The number of aliphatic hydroxyl groups is 1. The first-order valence-corrected chi connectivity index (χ1v) is 11.1. The molecule has 1 aliphatic rings. The van der Waals surface area contributed by atoms with Gasteiger partial charge in [-0.3, -0.25) is 4.79 Å². The van der Waals surface area contributed by atoms with E-state index in [1.54, 1.807) is 10.7 Å². The van der Waals surface area contributed by atoms with Crippen LogP contribution in [0, 0.1) is 0 Å². The third kappa shape index (κ3) is 5.20. The predicted molar refractivity (Wildman–Crippen MR) is 123 cm³/mol. The number of carbonyl (C=O) groups is 1. The Balaban J connectivity index is 1.74. The molecule has 0 spiro atoms. The minimum atomic E-state index is -3.18. The van der Waals surface area contributed by atoms with Crippen molar-refractivity contribution in [1.29, 1.82) is 0 Å². The third-order valence-corrected chi connectivity index (χ3v) is 5.99. The van der Waals surface area contributed by atoms with Crippen LogP contribution in [0.25, 0.3) is 16.6 Å². The van der Waals surface area contributed by atoms with E-state index in [-0.39, 0.29) is 30.1 Å². The van der Waals surface area contributed by atoms with Crippen LogP contribution in [0.3, 0.4) is 0 Å². The highest BCUT2D eigenvalue weighted by atomic mass is 19.3. The second kappa shape index (κ2) is 9.74. The largest absolute Gasteiger partial charge is 0.496 e. The maximum Gasteiger partial charge on any atom is 0.387 e. The Bertz CT molecular complexity index is 1230. The van der Waals surface area contributed by atoms with Crippen LogP contribution < -0.4 is 20.1 Å². The fourth-order valence-corrected chi connectivity index (χ4v) is 3.92. The van der Waals surface area contributed by atoms with Crippen molar-refractivity contribution in [3.63, 3.8) is 0 Å². The van der Waals surface area contributed by atoms with Gasteiger partial charge in [0.25, 0.3) is 5.91 Å². The lowest BCUT2D eigenvalue weighted by molar-refractivity contribution is -0.0502. The number of aliphatic hydroxyl groups excluding tert-OH is 1. The van der Waals surface area contributed by atoms with Gasteiger partial charge < -0.3 is 25.2 Å². The first-order valence-electron chi connectivity index (χ1n) is 11.1. The summed E-state index contributed by atoms with van der Waals surface area (Å²) in [6.45, 7) is 1.20. The van der Waals surface area contributed by atoms with Crippen LogP contribution in [0.4, 0.5) is 13.2 Å². The Labute approximate surface area is 200 Å². The Kier molecular flexibility index (Phi) is 6.91. The average molecular weight is 492 g/mol. The minimum Gasteiger partial charge on any atom is -0.496 e. The van der Waals surface area contributed by atoms with E-state index >= 15 is 0 Å². The zero-order chi connectivity index (χ0) is 25.3. The summed E-state index contributed by atoms with van der Waals surface area (Å²) in [5.41, 5.74) is 2.00. The second-order valence-corrected chi connectivity index (χ2v) is 8.84. The number of rotatable bonds is 10. The topological polar surface area (TPSA) is 97.1 Å². The molecule has 0 saturated heterocycles. The van der Waals surface area contributed by atoms with Crippen LogP contribution in [-0.4, -0.2) is 59.7 Å². The summed E-state index contributed by atoms with van der Waals surface area (Å²) in [7, 11) is 1.31. The molecule has 0 bridgehead atoms. The van der Waals surface area contributed by atoms with Crippen molar-refractivity contribution in [2.75, 3.05) is 20.3 Å². The van der Waals surface area contributed by atoms with Crippen LogP contribution >= 0.6 is 0 Å². The van der Waals surface area contributed by atoms with Crippen molar-refractivity contribution in [2.45, 2.75) is 44.6 Å². The van der Waals surface area contributed by atoms with Gasteiger partial charge in [0.2, 0.25) is 0 Å². The Morgan fingerprint density at radius 3 is 2.66 bits per heavy atom. The van der Waals surface area contributed by atoms with Gasteiger partial charge in [0.1, 0.15) is 23.2 Å². The monoisotopic (exact) mass is 492 g/mol. The SMILES string of the molecule is COc1cc(-c2cnn3cc(C(C)(C)NCCO)ccc23)cc(OC(F)F)c1C(=O)N[C@@H]1C[C@@H]1F. The molecule has 188 valence electrons. The summed E-state index contributed by atoms with van der Waals surface area (Å²) in [6, 6.07) is 5.95. The molecular formula is C24H27F3N4O4. The molecule has 11 heteroatoms. The number of methoxy groups -OCH3 is 1. The van der Waals surface area contributed by atoms with Gasteiger partial charge in [-0.1, -0.05) is 6.07 Å². The molecule has 35 heavy (non-hydrogen) atoms. The molecule has 2 heterocycles. The number of nitrogens with one attached hydrogen (secondary N) is 2. The van der Waals surface area contributed by atoms with Crippen molar-refractivity contribution < 1.29 is 32.5 Å². The molecular weight excluding hydrogens is 465 g/mol. The highest BCUT2D eigenvalue weighted by molar-refractivity contribution is 6.01. The van der Waals surface area contributed by atoms with E-state index in [2.05, 4.69) is 20.5 Å². The number of aromatic nitrogens is 2. The summed E-state index contributed by atoms with van der Waals surface area (Å²) in [4.78, 5) is 12.7. The number of hydrogen-bond acceptors (Lipinski definition) is 6. The highest BCUT2D eigenvalue weighted by Crippen LogP contribution is 2.38. The Morgan fingerprint density at radius 2 is 2.03 bits per heavy atom. The van der Waals surface area contributed by atoms with Gasteiger partial charge >= 0.3 is 6.61 Å². The van der Waals surface area contributed by atoms with Crippen molar-refractivity contribution in [3.8, 4) is 22.6 Å². The summed E-state index contributed by atoms with van der Waals surface area (Å²) in [5.74, 6) is -1.12. The minimum absolute atomic E-state index is 0.00544. The van der Waals surface area contributed by atoms with Gasteiger partial charge in [-0.25, -0.2) is 8.91 Å². The molecule has 1 aromatic carbocycles. The van der Waals surface area contributed by atoms with E-state index in [1.165, 1.54) is 19.2 Å². The molecule has 1 amide bonds. The molecule has 4 rings (SSSR count). The predicted octanol–water partition coefficient (Wildman–Crippen LogP) is 3.27. The maximum atomic E-state index is 13.3. The van der Waals surface area contributed by atoms with E-state index in [0.717, 1.165) is 5.56 Å². The summed E-state index contributed by atoms with van der Waals surface area (Å²) >= 11 is 0. The molecule has 1 aliphatic carbocycles. The molecule has 0 radical (unpaired) electrons. The summed E-state index contributed by atoms with van der Waals surface area (Å²) < 4.78 is 51.4. The molecule has 8 nitrogen and oxygen atoms in total. The summed E-state index contributed by atoms with van der Waals surface area (Å²) in [5, 5.41) is 19.2. The quantitative estimate of drug-likeness (QED) is 0.402. The number of nitrogens with zero attached hydrogens (tertiary/aromatic N) is 2. The number of benzene rings is 1. The van der Waals surface area contributed by atoms with Gasteiger partial charge in [0, 0.05) is 30.3 Å². The van der Waals surface area contributed by atoms with E-state index in [0.29, 0.717) is 23.2 Å². The first-order chi connectivity index (χ1) is 16.6. The van der Waals surface area contributed by atoms with Crippen molar-refractivity contribution >= 4 is 11.4 Å². The number of fused-ring (bicyclic) bond motifs is 1.